The molecule has 0 bridgehead atoms. The third kappa shape index (κ3) is 4.35. The summed E-state index contributed by atoms with van der Waals surface area (Å²) < 4.78 is 5.43. The van der Waals surface area contributed by atoms with E-state index in [2.05, 4.69) is 18.7 Å². The van der Waals surface area contributed by atoms with Gasteiger partial charge in [-0.3, -0.25) is 4.79 Å². The number of nitrogens with zero attached hydrogens (tertiary/aromatic N) is 1. The van der Waals surface area contributed by atoms with Crippen LogP contribution in [-0.4, -0.2) is 19.1 Å². The van der Waals surface area contributed by atoms with Crippen molar-refractivity contribution in [1.82, 2.24) is 0 Å². The number of carbonyl (C=O) groups is 1. The van der Waals surface area contributed by atoms with E-state index in [9.17, 15) is 4.79 Å². The van der Waals surface area contributed by atoms with Crippen molar-refractivity contribution in [2.75, 3.05) is 18.0 Å². The number of ether oxygens (including phenoxy) is 1. The first-order valence-corrected chi connectivity index (χ1v) is 7.32. The van der Waals surface area contributed by atoms with Crippen molar-refractivity contribution in [3.05, 3.63) is 60.2 Å². The Hall–Kier alpha value is -2.29. The molecular weight excluding hydrogens is 262 g/mol. The highest BCUT2D eigenvalue weighted by Gasteiger charge is 2.08. The van der Waals surface area contributed by atoms with Gasteiger partial charge in [0.2, 0.25) is 0 Å². The lowest BCUT2D eigenvalue weighted by molar-refractivity contribution is -0.133. The molecule has 21 heavy (non-hydrogen) atoms. The van der Waals surface area contributed by atoms with Crippen molar-refractivity contribution in [3.8, 4) is 5.75 Å². The first kappa shape index (κ1) is 15.1. The Kier molecular flexibility index (Phi) is 5.38. The molecular formula is C18H21NO2. The molecule has 0 saturated carbocycles. The number of benzene rings is 2. The van der Waals surface area contributed by atoms with Gasteiger partial charge in [0.15, 0.2) is 0 Å². The van der Waals surface area contributed by atoms with E-state index < -0.39 is 0 Å². The van der Waals surface area contributed by atoms with Gasteiger partial charge in [-0.05, 0) is 31.5 Å². The molecule has 0 radical (unpaired) electrons. The summed E-state index contributed by atoms with van der Waals surface area (Å²) in [4.78, 5) is 14.2. The predicted octanol–water partition coefficient (Wildman–Crippen LogP) is 3.68. The van der Waals surface area contributed by atoms with Gasteiger partial charge in [-0.1, -0.05) is 36.4 Å². The molecule has 0 unspecified atom stereocenters. The second-order valence-corrected chi connectivity index (χ2v) is 4.81. The summed E-state index contributed by atoms with van der Waals surface area (Å²) in [6.07, 6.45) is 0.288. The molecule has 0 saturated heterocycles. The number of anilines is 1. The minimum absolute atomic E-state index is 0.238. The summed E-state index contributed by atoms with van der Waals surface area (Å²) in [6.45, 7) is 6.07. The molecule has 0 N–H and O–H groups in total. The van der Waals surface area contributed by atoms with Gasteiger partial charge in [0.25, 0.3) is 0 Å². The molecule has 0 spiro atoms. The Bertz CT molecular complexity index is 577. The quantitative estimate of drug-likeness (QED) is 0.598. The number of hydrogen-bond donors (Lipinski definition) is 0. The average molecular weight is 283 g/mol. The lowest BCUT2D eigenvalue weighted by atomic mass is 10.1. The number of rotatable bonds is 6. The van der Waals surface area contributed by atoms with Crippen LogP contribution in [0.4, 0.5) is 5.69 Å². The molecule has 110 valence electrons. The summed E-state index contributed by atoms with van der Waals surface area (Å²) in [6, 6.07) is 17.3. The SMILES string of the molecule is CCN(CC)c1cccc(OC(=O)Cc2ccccc2)c1. The molecule has 0 heterocycles. The van der Waals surface area contributed by atoms with Crippen LogP contribution in [0.15, 0.2) is 54.6 Å². The molecule has 3 nitrogen and oxygen atoms in total. The van der Waals surface area contributed by atoms with E-state index in [0.717, 1.165) is 24.3 Å². The van der Waals surface area contributed by atoms with Crippen molar-refractivity contribution in [2.45, 2.75) is 20.3 Å². The van der Waals surface area contributed by atoms with Crippen molar-refractivity contribution < 1.29 is 9.53 Å². The van der Waals surface area contributed by atoms with Crippen molar-refractivity contribution in [2.24, 2.45) is 0 Å². The maximum atomic E-state index is 12.0. The van der Waals surface area contributed by atoms with Crippen molar-refractivity contribution in [1.29, 1.82) is 0 Å². The zero-order chi connectivity index (χ0) is 15.1. The Labute approximate surface area is 126 Å². The average Bonchev–Trinajstić information content (AvgIpc) is 2.50. The lowest BCUT2D eigenvalue weighted by Crippen LogP contribution is -2.21. The number of carbonyl (C=O) groups excluding carboxylic acids is 1. The predicted molar refractivity (Wildman–Crippen MR) is 85.8 cm³/mol. The molecule has 2 rings (SSSR count). The molecule has 0 fully saturated rings. The third-order valence-electron chi connectivity index (χ3n) is 3.37. The molecule has 0 aromatic heterocycles. The summed E-state index contributed by atoms with van der Waals surface area (Å²) in [5.74, 6) is 0.359. The second kappa shape index (κ2) is 7.48. The first-order valence-electron chi connectivity index (χ1n) is 7.32. The van der Waals surface area contributed by atoms with Crippen LogP contribution in [-0.2, 0) is 11.2 Å². The minimum atomic E-state index is -0.238. The Balaban J connectivity index is 2.02. The summed E-state index contributed by atoms with van der Waals surface area (Å²) in [7, 11) is 0. The molecule has 3 heteroatoms. The van der Waals surface area contributed by atoms with Crippen LogP contribution in [0.5, 0.6) is 5.75 Å². The van der Waals surface area contributed by atoms with Gasteiger partial charge >= 0.3 is 5.97 Å². The van der Waals surface area contributed by atoms with Gasteiger partial charge in [0.1, 0.15) is 5.75 Å². The monoisotopic (exact) mass is 283 g/mol. The smallest absolute Gasteiger partial charge is 0.315 e. The van der Waals surface area contributed by atoms with E-state index in [1.54, 1.807) is 0 Å². The fourth-order valence-electron chi connectivity index (χ4n) is 2.26. The van der Waals surface area contributed by atoms with E-state index in [-0.39, 0.29) is 12.4 Å². The van der Waals surface area contributed by atoms with Crippen LogP contribution < -0.4 is 9.64 Å². The maximum absolute atomic E-state index is 12.0. The standard InChI is InChI=1S/C18H21NO2/c1-3-19(4-2)16-11-8-12-17(14-16)21-18(20)13-15-9-6-5-7-10-15/h5-12,14H,3-4,13H2,1-2H3. The summed E-state index contributed by atoms with van der Waals surface area (Å²) >= 11 is 0. The van der Waals surface area contributed by atoms with E-state index in [1.807, 2.05) is 54.6 Å². The molecule has 2 aromatic carbocycles. The molecule has 0 atom stereocenters. The fraction of sp³-hybridized carbons (Fsp3) is 0.278. The minimum Gasteiger partial charge on any atom is -0.426 e. The largest absolute Gasteiger partial charge is 0.426 e. The maximum Gasteiger partial charge on any atom is 0.315 e. The van der Waals surface area contributed by atoms with Crippen molar-refractivity contribution in [3.63, 3.8) is 0 Å². The van der Waals surface area contributed by atoms with E-state index in [4.69, 9.17) is 4.74 Å². The van der Waals surface area contributed by atoms with Crippen LogP contribution in [0, 0.1) is 0 Å². The van der Waals surface area contributed by atoms with Gasteiger partial charge < -0.3 is 9.64 Å². The summed E-state index contributed by atoms with van der Waals surface area (Å²) in [5, 5.41) is 0. The lowest BCUT2D eigenvalue weighted by Gasteiger charge is -2.21. The first-order chi connectivity index (χ1) is 10.2. The van der Waals surface area contributed by atoms with Gasteiger partial charge in [0.05, 0.1) is 6.42 Å². The van der Waals surface area contributed by atoms with E-state index in [1.165, 1.54) is 0 Å². The van der Waals surface area contributed by atoms with Crippen molar-refractivity contribution >= 4 is 11.7 Å². The van der Waals surface area contributed by atoms with Crippen LogP contribution in [0.2, 0.25) is 0 Å². The normalized spacial score (nSPS) is 10.2. The van der Waals surface area contributed by atoms with E-state index >= 15 is 0 Å². The topological polar surface area (TPSA) is 29.5 Å². The van der Waals surface area contributed by atoms with Crippen LogP contribution in [0.3, 0.4) is 0 Å². The van der Waals surface area contributed by atoms with Crippen LogP contribution >= 0.6 is 0 Å². The van der Waals surface area contributed by atoms with Gasteiger partial charge in [-0.15, -0.1) is 0 Å². The van der Waals surface area contributed by atoms with E-state index in [0.29, 0.717) is 5.75 Å². The molecule has 0 amide bonds. The molecule has 0 aliphatic rings. The van der Waals surface area contributed by atoms with Crippen LogP contribution in [0.1, 0.15) is 19.4 Å². The van der Waals surface area contributed by atoms with Gasteiger partial charge in [-0.2, -0.15) is 0 Å². The summed E-state index contributed by atoms with van der Waals surface area (Å²) in [5.41, 5.74) is 2.03. The highest BCUT2D eigenvalue weighted by molar-refractivity contribution is 5.75. The molecule has 0 aliphatic carbocycles. The Morgan fingerprint density at radius 2 is 1.71 bits per heavy atom. The second-order valence-electron chi connectivity index (χ2n) is 4.81. The highest BCUT2D eigenvalue weighted by atomic mass is 16.5. The fourth-order valence-corrected chi connectivity index (χ4v) is 2.26. The number of hydrogen-bond acceptors (Lipinski definition) is 3. The zero-order valence-corrected chi connectivity index (χ0v) is 12.6. The Morgan fingerprint density at radius 1 is 1.00 bits per heavy atom. The third-order valence-corrected chi connectivity index (χ3v) is 3.37. The number of esters is 1. The zero-order valence-electron chi connectivity index (χ0n) is 12.6. The van der Waals surface area contributed by atoms with Crippen LogP contribution in [0.25, 0.3) is 0 Å². The van der Waals surface area contributed by atoms with Gasteiger partial charge in [0, 0.05) is 24.8 Å². The Morgan fingerprint density at radius 3 is 2.38 bits per heavy atom. The van der Waals surface area contributed by atoms with Gasteiger partial charge in [-0.25, -0.2) is 0 Å². The molecule has 0 aliphatic heterocycles. The highest BCUT2D eigenvalue weighted by Crippen LogP contribution is 2.21. The molecule has 2 aromatic rings.